The van der Waals surface area contributed by atoms with Gasteiger partial charge in [-0.05, 0) is 55.8 Å². The third-order valence-corrected chi connectivity index (χ3v) is 5.48. The number of aryl methyl sites for hydroxylation is 1. The minimum absolute atomic E-state index is 0.330. The number of pyridine rings is 2. The van der Waals surface area contributed by atoms with Crippen molar-refractivity contribution in [3.05, 3.63) is 54.6 Å². The van der Waals surface area contributed by atoms with E-state index >= 15 is 0 Å². The summed E-state index contributed by atoms with van der Waals surface area (Å²) in [6, 6.07) is 7.61. The Morgan fingerprint density at radius 2 is 1.86 bits per heavy atom. The molecule has 11 heteroatoms. The second-order valence-corrected chi connectivity index (χ2v) is 8.81. The van der Waals surface area contributed by atoms with E-state index in [0.29, 0.717) is 42.6 Å². The molecule has 0 bridgehead atoms. The molecule has 4 rings (SSSR count). The maximum Gasteiger partial charge on any atom is 0.401 e. The number of hydrogen-bond donors (Lipinski definition) is 1. The normalized spacial score (nSPS) is 12.1. The van der Waals surface area contributed by atoms with Crippen molar-refractivity contribution in [1.82, 2.24) is 34.8 Å². The SMILES string of the molecule is CC(C)c1cnnc(Nc2ccc3ncc(-c4cnn(CCCN(C)CC(F)(F)F)c4)cc3n2)c1. The van der Waals surface area contributed by atoms with Gasteiger partial charge in [-0.3, -0.25) is 14.6 Å². The van der Waals surface area contributed by atoms with Crippen molar-refractivity contribution in [2.45, 2.75) is 38.9 Å². The number of nitrogens with zero attached hydrogens (tertiary/aromatic N) is 7. The van der Waals surface area contributed by atoms with Gasteiger partial charge >= 0.3 is 6.18 Å². The average molecular weight is 485 g/mol. The van der Waals surface area contributed by atoms with E-state index in [1.807, 2.05) is 30.5 Å². The van der Waals surface area contributed by atoms with Crippen molar-refractivity contribution in [3.63, 3.8) is 0 Å². The van der Waals surface area contributed by atoms with Crippen LogP contribution in [0, 0.1) is 0 Å². The Labute approximate surface area is 201 Å². The molecule has 0 spiro atoms. The zero-order valence-corrected chi connectivity index (χ0v) is 19.8. The maximum atomic E-state index is 12.5. The molecular weight excluding hydrogens is 457 g/mol. The molecule has 0 atom stereocenters. The van der Waals surface area contributed by atoms with Crippen LogP contribution in [0.5, 0.6) is 0 Å². The molecule has 4 aromatic rings. The van der Waals surface area contributed by atoms with Crippen molar-refractivity contribution >= 4 is 22.7 Å². The van der Waals surface area contributed by atoms with E-state index in [2.05, 4.69) is 44.4 Å². The quantitative estimate of drug-likeness (QED) is 0.356. The number of anilines is 2. The third-order valence-electron chi connectivity index (χ3n) is 5.48. The highest BCUT2D eigenvalue weighted by Gasteiger charge is 2.28. The lowest BCUT2D eigenvalue weighted by molar-refractivity contribution is -0.143. The smallest absolute Gasteiger partial charge is 0.323 e. The molecule has 0 aliphatic carbocycles. The zero-order valence-electron chi connectivity index (χ0n) is 19.8. The Bertz CT molecular complexity index is 1290. The Hall–Kier alpha value is -3.60. The average Bonchev–Trinajstić information content (AvgIpc) is 3.26. The number of aromatic nitrogens is 6. The molecule has 0 saturated carbocycles. The zero-order chi connectivity index (χ0) is 25.0. The summed E-state index contributed by atoms with van der Waals surface area (Å²) in [4.78, 5) is 10.4. The van der Waals surface area contributed by atoms with Crippen LogP contribution in [0.3, 0.4) is 0 Å². The minimum atomic E-state index is -4.19. The van der Waals surface area contributed by atoms with Gasteiger partial charge in [0.15, 0.2) is 5.82 Å². The number of nitrogens with one attached hydrogen (secondary N) is 1. The fourth-order valence-corrected chi connectivity index (χ4v) is 3.65. The standard InChI is InChI=1S/C24H27F3N8/c1-16(2)17-10-23(33-29-12-17)32-22-6-5-20-21(31-22)9-18(11-28-20)19-13-30-35(14-19)8-4-7-34(3)15-24(25,26)27/h5-6,9-14,16H,4,7-8,15H2,1-3H3,(H,31,32,33). The molecular formula is C24H27F3N8. The predicted molar refractivity (Wildman–Crippen MR) is 128 cm³/mol. The fourth-order valence-electron chi connectivity index (χ4n) is 3.65. The number of alkyl halides is 3. The molecule has 4 aromatic heterocycles. The number of rotatable bonds is 9. The Kier molecular flexibility index (Phi) is 7.25. The van der Waals surface area contributed by atoms with Crippen LogP contribution < -0.4 is 5.32 Å². The van der Waals surface area contributed by atoms with Crippen molar-refractivity contribution in [2.75, 3.05) is 25.5 Å². The van der Waals surface area contributed by atoms with Crippen LogP contribution in [0.4, 0.5) is 24.8 Å². The second-order valence-electron chi connectivity index (χ2n) is 8.81. The largest absolute Gasteiger partial charge is 0.401 e. The summed E-state index contributed by atoms with van der Waals surface area (Å²) in [7, 11) is 1.46. The van der Waals surface area contributed by atoms with E-state index in [1.165, 1.54) is 11.9 Å². The maximum absolute atomic E-state index is 12.5. The van der Waals surface area contributed by atoms with Crippen LogP contribution >= 0.6 is 0 Å². The molecule has 184 valence electrons. The summed E-state index contributed by atoms with van der Waals surface area (Å²) in [5, 5.41) is 15.7. The van der Waals surface area contributed by atoms with Gasteiger partial charge in [-0.25, -0.2) is 4.98 Å². The monoisotopic (exact) mass is 484 g/mol. The molecule has 1 N–H and O–H groups in total. The summed E-state index contributed by atoms with van der Waals surface area (Å²) in [5.74, 6) is 1.59. The highest BCUT2D eigenvalue weighted by Crippen LogP contribution is 2.24. The second kappa shape index (κ2) is 10.3. The highest BCUT2D eigenvalue weighted by molar-refractivity contribution is 5.81. The van der Waals surface area contributed by atoms with Gasteiger partial charge in [-0.1, -0.05) is 13.8 Å². The summed E-state index contributed by atoms with van der Waals surface area (Å²) in [5.41, 5.74) is 4.25. The van der Waals surface area contributed by atoms with Crippen LogP contribution in [0.1, 0.15) is 31.7 Å². The first-order valence-corrected chi connectivity index (χ1v) is 11.3. The van der Waals surface area contributed by atoms with Crippen LogP contribution in [-0.2, 0) is 6.54 Å². The molecule has 0 radical (unpaired) electrons. The molecule has 0 saturated heterocycles. The number of fused-ring (bicyclic) bond motifs is 1. The van der Waals surface area contributed by atoms with Gasteiger partial charge in [0, 0.05) is 30.1 Å². The topological polar surface area (TPSA) is 84.7 Å². The van der Waals surface area contributed by atoms with E-state index in [0.717, 1.165) is 22.2 Å². The van der Waals surface area contributed by atoms with Crippen LogP contribution in [0.25, 0.3) is 22.2 Å². The van der Waals surface area contributed by atoms with Crippen LogP contribution in [0.2, 0.25) is 0 Å². The van der Waals surface area contributed by atoms with Gasteiger partial charge in [-0.15, -0.1) is 5.10 Å². The highest BCUT2D eigenvalue weighted by atomic mass is 19.4. The van der Waals surface area contributed by atoms with E-state index in [4.69, 9.17) is 0 Å². The molecule has 0 aromatic carbocycles. The molecule has 4 heterocycles. The van der Waals surface area contributed by atoms with Crippen LogP contribution in [0.15, 0.2) is 49.1 Å². The Morgan fingerprint density at radius 3 is 2.63 bits per heavy atom. The first kappa shape index (κ1) is 24.5. The lowest BCUT2D eigenvalue weighted by atomic mass is 10.1. The molecule has 0 fully saturated rings. The van der Waals surface area contributed by atoms with Crippen molar-refractivity contribution in [3.8, 4) is 11.1 Å². The van der Waals surface area contributed by atoms with E-state index in [1.54, 1.807) is 23.3 Å². The molecule has 0 unspecified atom stereocenters. The van der Waals surface area contributed by atoms with Gasteiger partial charge in [0.25, 0.3) is 0 Å². The molecule has 35 heavy (non-hydrogen) atoms. The van der Waals surface area contributed by atoms with E-state index in [9.17, 15) is 13.2 Å². The van der Waals surface area contributed by atoms with Crippen molar-refractivity contribution in [1.29, 1.82) is 0 Å². The Balaban J connectivity index is 1.44. The summed E-state index contributed by atoms with van der Waals surface area (Å²) in [6.07, 6.45) is 3.46. The summed E-state index contributed by atoms with van der Waals surface area (Å²) >= 11 is 0. The number of hydrogen-bond acceptors (Lipinski definition) is 7. The van der Waals surface area contributed by atoms with Gasteiger partial charge < -0.3 is 5.32 Å². The molecule has 0 amide bonds. The lowest BCUT2D eigenvalue weighted by Crippen LogP contribution is -2.32. The van der Waals surface area contributed by atoms with Crippen molar-refractivity contribution in [2.24, 2.45) is 0 Å². The minimum Gasteiger partial charge on any atom is -0.323 e. The first-order valence-electron chi connectivity index (χ1n) is 11.3. The van der Waals surface area contributed by atoms with Gasteiger partial charge in [-0.2, -0.15) is 23.4 Å². The molecule has 0 aliphatic heterocycles. The number of halogens is 3. The van der Waals surface area contributed by atoms with Gasteiger partial charge in [0.05, 0.1) is 30.0 Å². The fraction of sp³-hybridized carbons (Fsp3) is 0.375. The molecule has 0 aliphatic rings. The Morgan fingerprint density at radius 1 is 1.03 bits per heavy atom. The lowest BCUT2D eigenvalue weighted by Gasteiger charge is -2.18. The predicted octanol–water partition coefficient (Wildman–Crippen LogP) is 5.03. The first-order chi connectivity index (χ1) is 16.7. The van der Waals surface area contributed by atoms with Crippen molar-refractivity contribution < 1.29 is 13.2 Å². The van der Waals surface area contributed by atoms with Gasteiger partial charge in [0.2, 0.25) is 0 Å². The summed E-state index contributed by atoms with van der Waals surface area (Å²) in [6.45, 7) is 4.12. The van der Waals surface area contributed by atoms with E-state index < -0.39 is 12.7 Å². The van der Waals surface area contributed by atoms with Crippen LogP contribution in [-0.4, -0.2) is 61.2 Å². The summed E-state index contributed by atoms with van der Waals surface area (Å²) < 4.78 is 39.1. The third kappa shape index (κ3) is 6.72. The van der Waals surface area contributed by atoms with E-state index in [-0.39, 0.29) is 0 Å². The van der Waals surface area contributed by atoms with Gasteiger partial charge in [0.1, 0.15) is 5.82 Å². The molecule has 8 nitrogen and oxygen atoms in total.